The molecule has 128 valence electrons. The highest BCUT2D eigenvalue weighted by Crippen LogP contribution is 2.32. The first kappa shape index (κ1) is 17.1. The second-order valence-corrected chi connectivity index (χ2v) is 7.07. The third-order valence-electron chi connectivity index (χ3n) is 5.27. The molecule has 1 aliphatic carbocycles. The Bertz CT molecular complexity index is 718. The van der Waals surface area contributed by atoms with Crippen LogP contribution in [0.3, 0.4) is 0 Å². The van der Waals surface area contributed by atoms with Crippen molar-refractivity contribution in [3.05, 3.63) is 69.8 Å². The van der Waals surface area contributed by atoms with E-state index in [1.807, 2.05) is 12.1 Å². The minimum atomic E-state index is -0.111. The van der Waals surface area contributed by atoms with Crippen molar-refractivity contribution in [3.8, 4) is 0 Å². The molecule has 0 fully saturated rings. The van der Waals surface area contributed by atoms with Crippen molar-refractivity contribution in [2.24, 2.45) is 5.92 Å². The lowest BCUT2D eigenvalue weighted by molar-refractivity contribution is 0.531. The third kappa shape index (κ3) is 3.68. The van der Waals surface area contributed by atoms with Crippen molar-refractivity contribution < 1.29 is 8.78 Å². The normalized spacial score (nSPS) is 16.4. The van der Waals surface area contributed by atoms with E-state index >= 15 is 0 Å². The van der Waals surface area contributed by atoms with Gasteiger partial charge in [0.05, 0.1) is 0 Å². The quantitative estimate of drug-likeness (QED) is 0.626. The van der Waals surface area contributed by atoms with Gasteiger partial charge in [-0.3, -0.25) is 0 Å². The molecule has 2 aromatic carbocycles. The lowest BCUT2D eigenvalue weighted by Crippen LogP contribution is -1.98. The highest BCUT2D eigenvalue weighted by Gasteiger charge is 2.23. The van der Waals surface area contributed by atoms with E-state index in [0.29, 0.717) is 5.92 Å². The van der Waals surface area contributed by atoms with Gasteiger partial charge in [0.25, 0.3) is 0 Å². The van der Waals surface area contributed by atoms with Gasteiger partial charge >= 0.3 is 0 Å². The molecule has 24 heavy (non-hydrogen) atoms. The maximum absolute atomic E-state index is 14.3. The van der Waals surface area contributed by atoms with Gasteiger partial charge in [0, 0.05) is 0 Å². The SMILES string of the molecule is CCCc1ccc(CCc2cc(F)c3c(c2)CC(CC)C3)cc1F. The Morgan fingerprint density at radius 2 is 1.62 bits per heavy atom. The number of rotatable bonds is 6. The molecule has 2 heteroatoms. The van der Waals surface area contributed by atoms with E-state index in [0.717, 1.165) is 67.2 Å². The van der Waals surface area contributed by atoms with Gasteiger partial charge < -0.3 is 0 Å². The van der Waals surface area contributed by atoms with E-state index in [9.17, 15) is 8.78 Å². The first-order chi connectivity index (χ1) is 11.6. The fourth-order valence-electron chi connectivity index (χ4n) is 3.78. The van der Waals surface area contributed by atoms with Gasteiger partial charge in [-0.2, -0.15) is 0 Å². The molecule has 0 bridgehead atoms. The van der Waals surface area contributed by atoms with Crippen LogP contribution in [-0.4, -0.2) is 0 Å². The standard InChI is InChI=1S/C22H26F2/c1-3-5-18-9-8-16(13-21(18)23)6-7-17-11-19-10-15(4-2)12-20(19)22(24)14-17/h8-9,11,13-15H,3-7,10,12H2,1-2H3. The van der Waals surface area contributed by atoms with E-state index < -0.39 is 0 Å². The summed E-state index contributed by atoms with van der Waals surface area (Å²) < 4.78 is 28.4. The van der Waals surface area contributed by atoms with Crippen molar-refractivity contribution in [1.29, 1.82) is 0 Å². The Kier molecular flexibility index (Phi) is 5.33. The van der Waals surface area contributed by atoms with Crippen LogP contribution in [-0.2, 0) is 32.1 Å². The first-order valence-electron chi connectivity index (χ1n) is 9.18. The molecule has 2 aromatic rings. The van der Waals surface area contributed by atoms with E-state index in [1.54, 1.807) is 12.1 Å². The minimum Gasteiger partial charge on any atom is -0.207 e. The minimum absolute atomic E-state index is 0.0528. The molecule has 0 nitrogen and oxygen atoms in total. The predicted octanol–water partition coefficient (Wildman–Crippen LogP) is 5.83. The Morgan fingerprint density at radius 1 is 0.875 bits per heavy atom. The number of fused-ring (bicyclic) bond motifs is 1. The molecule has 0 heterocycles. The highest BCUT2D eigenvalue weighted by atomic mass is 19.1. The molecule has 0 aromatic heterocycles. The summed E-state index contributed by atoms with van der Waals surface area (Å²) in [4.78, 5) is 0. The largest absolute Gasteiger partial charge is 0.207 e. The van der Waals surface area contributed by atoms with Gasteiger partial charge in [-0.1, -0.05) is 44.9 Å². The van der Waals surface area contributed by atoms with Crippen molar-refractivity contribution in [1.82, 2.24) is 0 Å². The number of benzene rings is 2. The van der Waals surface area contributed by atoms with Gasteiger partial charge in [0.1, 0.15) is 11.6 Å². The summed E-state index contributed by atoms with van der Waals surface area (Å²) in [5.41, 5.74) is 4.90. The zero-order chi connectivity index (χ0) is 17.1. The van der Waals surface area contributed by atoms with Crippen molar-refractivity contribution in [2.75, 3.05) is 0 Å². The summed E-state index contributed by atoms with van der Waals surface area (Å²) in [6, 6.07) is 9.38. The molecule has 1 aliphatic rings. The number of aryl methyl sites for hydroxylation is 3. The van der Waals surface area contributed by atoms with Gasteiger partial charge in [0.15, 0.2) is 0 Å². The van der Waals surface area contributed by atoms with Crippen LogP contribution in [0.15, 0.2) is 30.3 Å². The zero-order valence-electron chi connectivity index (χ0n) is 14.7. The summed E-state index contributed by atoms with van der Waals surface area (Å²) in [5.74, 6) is 0.424. The maximum Gasteiger partial charge on any atom is 0.126 e. The lowest BCUT2D eigenvalue weighted by Gasteiger charge is -2.08. The monoisotopic (exact) mass is 328 g/mol. The van der Waals surface area contributed by atoms with Crippen molar-refractivity contribution in [3.63, 3.8) is 0 Å². The number of hydrogen-bond acceptors (Lipinski definition) is 0. The molecule has 0 aliphatic heterocycles. The molecular weight excluding hydrogens is 302 g/mol. The second-order valence-electron chi connectivity index (χ2n) is 7.07. The molecule has 0 amide bonds. The third-order valence-corrected chi connectivity index (χ3v) is 5.27. The summed E-state index contributed by atoms with van der Waals surface area (Å²) in [6.45, 7) is 4.23. The summed E-state index contributed by atoms with van der Waals surface area (Å²) in [6.07, 6.45) is 6.21. The van der Waals surface area contributed by atoms with Crippen molar-refractivity contribution >= 4 is 0 Å². The van der Waals surface area contributed by atoms with Crippen LogP contribution in [0.25, 0.3) is 0 Å². The molecule has 0 radical (unpaired) electrons. The fraction of sp³-hybridized carbons (Fsp3) is 0.455. The summed E-state index contributed by atoms with van der Waals surface area (Å²) >= 11 is 0. The average Bonchev–Trinajstić information content (AvgIpc) is 2.99. The summed E-state index contributed by atoms with van der Waals surface area (Å²) in [5, 5.41) is 0. The molecule has 1 unspecified atom stereocenters. The smallest absolute Gasteiger partial charge is 0.126 e. The van der Waals surface area contributed by atoms with Crippen LogP contribution in [0, 0.1) is 17.6 Å². The van der Waals surface area contributed by atoms with Gasteiger partial charge in [-0.15, -0.1) is 0 Å². The highest BCUT2D eigenvalue weighted by molar-refractivity contribution is 5.38. The van der Waals surface area contributed by atoms with Crippen LogP contribution >= 0.6 is 0 Å². The lowest BCUT2D eigenvalue weighted by atomic mass is 9.98. The number of hydrogen-bond donors (Lipinski definition) is 0. The molecular formula is C22H26F2. The molecule has 0 saturated heterocycles. The van der Waals surface area contributed by atoms with Crippen LogP contribution < -0.4 is 0 Å². The van der Waals surface area contributed by atoms with Crippen molar-refractivity contribution in [2.45, 2.75) is 58.8 Å². The molecule has 0 N–H and O–H groups in total. The van der Waals surface area contributed by atoms with Crippen LogP contribution in [0.5, 0.6) is 0 Å². The van der Waals surface area contributed by atoms with E-state index in [4.69, 9.17) is 0 Å². The van der Waals surface area contributed by atoms with Crippen LogP contribution in [0.1, 0.15) is 54.5 Å². The van der Waals surface area contributed by atoms with Gasteiger partial charge in [0.2, 0.25) is 0 Å². The van der Waals surface area contributed by atoms with E-state index in [2.05, 4.69) is 19.9 Å². The predicted molar refractivity (Wildman–Crippen MR) is 95.4 cm³/mol. The van der Waals surface area contributed by atoms with Gasteiger partial charge in [-0.25, -0.2) is 8.78 Å². The second kappa shape index (κ2) is 7.46. The Balaban J connectivity index is 1.70. The van der Waals surface area contributed by atoms with E-state index in [-0.39, 0.29) is 11.6 Å². The Hall–Kier alpha value is -1.70. The maximum atomic E-state index is 14.3. The zero-order valence-corrected chi connectivity index (χ0v) is 14.7. The fourth-order valence-corrected chi connectivity index (χ4v) is 3.78. The molecule has 3 rings (SSSR count). The van der Waals surface area contributed by atoms with Gasteiger partial charge in [-0.05, 0) is 78.0 Å². The number of halogens is 2. The van der Waals surface area contributed by atoms with Crippen LogP contribution in [0.2, 0.25) is 0 Å². The van der Waals surface area contributed by atoms with E-state index in [1.165, 1.54) is 5.56 Å². The summed E-state index contributed by atoms with van der Waals surface area (Å²) in [7, 11) is 0. The average molecular weight is 328 g/mol. The topological polar surface area (TPSA) is 0 Å². The first-order valence-corrected chi connectivity index (χ1v) is 9.18. The Morgan fingerprint density at radius 3 is 2.33 bits per heavy atom. The Labute approximate surface area is 143 Å². The van der Waals surface area contributed by atoms with Crippen LogP contribution in [0.4, 0.5) is 8.78 Å². The molecule has 1 atom stereocenters. The molecule has 0 saturated carbocycles. The molecule has 0 spiro atoms.